The van der Waals surface area contributed by atoms with Crippen molar-refractivity contribution in [2.75, 3.05) is 11.1 Å². The van der Waals surface area contributed by atoms with Gasteiger partial charge >= 0.3 is 5.97 Å². The summed E-state index contributed by atoms with van der Waals surface area (Å²) in [5, 5.41) is 7.55. The fourth-order valence-electron chi connectivity index (χ4n) is 3.23. The maximum Gasteiger partial charge on any atom is 0.338 e. The molecule has 0 aliphatic carbocycles. The first-order chi connectivity index (χ1) is 15.4. The Labute approximate surface area is 185 Å². The maximum atomic E-state index is 12.5. The zero-order chi connectivity index (χ0) is 22.7. The summed E-state index contributed by atoms with van der Waals surface area (Å²) < 4.78 is 7.19. The van der Waals surface area contributed by atoms with Gasteiger partial charge in [-0.25, -0.2) is 9.48 Å². The standard InChI is InChI=1S/C23H23N7O2/c1-14-6-4-5-7-19(14)25-23-27-20(26-22(24)28-23)13-32-21(31)17-8-10-18(11-9-17)30-16(3)12-15(2)29-30/h4-12H,13H2,1-3H3,(H3,24,25,26,27,28). The molecule has 162 valence electrons. The van der Waals surface area contributed by atoms with Gasteiger partial charge in [0.2, 0.25) is 11.9 Å². The van der Waals surface area contributed by atoms with Crippen molar-refractivity contribution >= 4 is 23.6 Å². The van der Waals surface area contributed by atoms with Crippen molar-refractivity contribution in [1.82, 2.24) is 24.7 Å². The van der Waals surface area contributed by atoms with Crippen LogP contribution in [0.1, 0.15) is 33.1 Å². The van der Waals surface area contributed by atoms with Gasteiger partial charge in [0.05, 0.1) is 16.9 Å². The smallest absolute Gasteiger partial charge is 0.338 e. The van der Waals surface area contributed by atoms with Gasteiger partial charge in [-0.2, -0.15) is 20.1 Å². The molecule has 0 aliphatic heterocycles. The number of benzene rings is 2. The summed E-state index contributed by atoms with van der Waals surface area (Å²) >= 11 is 0. The van der Waals surface area contributed by atoms with E-state index in [4.69, 9.17) is 10.5 Å². The normalized spacial score (nSPS) is 10.7. The van der Waals surface area contributed by atoms with E-state index < -0.39 is 5.97 Å². The molecule has 0 radical (unpaired) electrons. The van der Waals surface area contributed by atoms with Crippen LogP contribution in [0.15, 0.2) is 54.6 Å². The van der Waals surface area contributed by atoms with E-state index in [0.29, 0.717) is 5.56 Å². The lowest BCUT2D eigenvalue weighted by molar-refractivity contribution is 0.0462. The fraction of sp³-hybridized carbons (Fsp3) is 0.174. The largest absolute Gasteiger partial charge is 0.454 e. The Bertz CT molecular complexity index is 1270. The number of carbonyl (C=O) groups excluding carboxylic acids is 1. The molecule has 4 rings (SSSR count). The van der Waals surface area contributed by atoms with Crippen molar-refractivity contribution in [3.05, 3.63) is 82.9 Å². The molecule has 0 fully saturated rings. The molecule has 4 aromatic rings. The summed E-state index contributed by atoms with van der Waals surface area (Å²) in [6, 6.07) is 16.7. The van der Waals surface area contributed by atoms with Crippen molar-refractivity contribution in [3.63, 3.8) is 0 Å². The van der Waals surface area contributed by atoms with Crippen molar-refractivity contribution in [2.24, 2.45) is 0 Å². The van der Waals surface area contributed by atoms with Crippen molar-refractivity contribution in [1.29, 1.82) is 0 Å². The molecular formula is C23H23N7O2. The number of aromatic nitrogens is 5. The van der Waals surface area contributed by atoms with Crippen LogP contribution in [0.2, 0.25) is 0 Å². The second-order valence-electron chi connectivity index (χ2n) is 7.34. The number of nitrogens with one attached hydrogen (secondary N) is 1. The Morgan fingerprint density at radius 1 is 1.03 bits per heavy atom. The van der Waals surface area contributed by atoms with Crippen molar-refractivity contribution in [2.45, 2.75) is 27.4 Å². The van der Waals surface area contributed by atoms with Gasteiger partial charge in [-0.15, -0.1) is 0 Å². The van der Waals surface area contributed by atoms with Gasteiger partial charge in [0.25, 0.3) is 0 Å². The van der Waals surface area contributed by atoms with Gasteiger partial charge in [-0.1, -0.05) is 18.2 Å². The van der Waals surface area contributed by atoms with E-state index in [2.05, 4.69) is 25.4 Å². The molecule has 0 unspecified atom stereocenters. The van der Waals surface area contributed by atoms with Crippen LogP contribution in [0.25, 0.3) is 5.69 Å². The SMILES string of the molecule is Cc1cc(C)n(-c2ccc(C(=O)OCc3nc(N)nc(Nc4ccccc4C)n3)cc2)n1. The molecule has 3 N–H and O–H groups in total. The predicted molar refractivity (Wildman–Crippen MR) is 121 cm³/mol. The van der Waals surface area contributed by atoms with E-state index in [1.807, 2.05) is 67.9 Å². The van der Waals surface area contributed by atoms with Crippen LogP contribution >= 0.6 is 0 Å². The predicted octanol–water partition coefficient (Wildman–Crippen LogP) is 3.67. The van der Waals surface area contributed by atoms with Crippen molar-refractivity contribution < 1.29 is 9.53 Å². The number of nitrogens with zero attached hydrogens (tertiary/aromatic N) is 5. The lowest BCUT2D eigenvalue weighted by Crippen LogP contribution is -2.11. The molecule has 2 heterocycles. The molecule has 0 aliphatic rings. The monoisotopic (exact) mass is 429 g/mol. The number of para-hydroxylation sites is 1. The molecule has 32 heavy (non-hydrogen) atoms. The minimum absolute atomic E-state index is 0.0383. The summed E-state index contributed by atoms with van der Waals surface area (Å²) in [4.78, 5) is 24.9. The quantitative estimate of drug-likeness (QED) is 0.445. The molecule has 0 saturated carbocycles. The van der Waals surface area contributed by atoms with Gasteiger partial charge in [-0.3, -0.25) is 0 Å². The molecular weight excluding hydrogens is 406 g/mol. The molecule has 0 bridgehead atoms. The average molecular weight is 429 g/mol. The lowest BCUT2D eigenvalue weighted by atomic mass is 10.2. The number of anilines is 3. The third-order valence-electron chi connectivity index (χ3n) is 4.78. The van der Waals surface area contributed by atoms with Gasteiger partial charge in [-0.05, 0) is 62.7 Å². The van der Waals surface area contributed by atoms with E-state index >= 15 is 0 Å². The Balaban J connectivity index is 1.43. The second-order valence-corrected chi connectivity index (χ2v) is 7.34. The van der Waals surface area contributed by atoms with Gasteiger partial charge in [0.15, 0.2) is 12.4 Å². The Morgan fingerprint density at radius 3 is 2.47 bits per heavy atom. The second kappa shape index (κ2) is 8.84. The van der Waals surface area contributed by atoms with Crippen LogP contribution in [-0.2, 0) is 11.3 Å². The molecule has 2 aromatic carbocycles. The van der Waals surface area contributed by atoms with Crippen LogP contribution in [-0.4, -0.2) is 30.7 Å². The zero-order valence-corrected chi connectivity index (χ0v) is 18.0. The Kier molecular flexibility index (Phi) is 5.80. The molecule has 0 atom stereocenters. The number of esters is 1. The van der Waals surface area contributed by atoms with Gasteiger partial charge in [0, 0.05) is 11.4 Å². The fourth-order valence-corrected chi connectivity index (χ4v) is 3.23. The lowest BCUT2D eigenvalue weighted by Gasteiger charge is -2.10. The van der Waals surface area contributed by atoms with Gasteiger partial charge < -0.3 is 15.8 Å². The van der Waals surface area contributed by atoms with Gasteiger partial charge in [0.1, 0.15) is 0 Å². The molecule has 2 aromatic heterocycles. The number of hydrogen-bond donors (Lipinski definition) is 2. The summed E-state index contributed by atoms with van der Waals surface area (Å²) in [6.45, 7) is 5.75. The average Bonchev–Trinajstić information content (AvgIpc) is 3.11. The third-order valence-corrected chi connectivity index (χ3v) is 4.78. The number of aryl methyl sites for hydroxylation is 3. The molecule has 0 amide bonds. The van der Waals surface area contributed by atoms with Crippen LogP contribution in [0, 0.1) is 20.8 Å². The van der Waals surface area contributed by atoms with E-state index in [1.165, 1.54) is 0 Å². The molecule has 0 saturated heterocycles. The number of carbonyl (C=O) groups is 1. The van der Waals surface area contributed by atoms with E-state index in [0.717, 1.165) is 28.3 Å². The molecule has 9 heteroatoms. The Morgan fingerprint density at radius 2 is 1.78 bits per heavy atom. The highest BCUT2D eigenvalue weighted by Gasteiger charge is 2.12. The van der Waals surface area contributed by atoms with Crippen LogP contribution < -0.4 is 11.1 Å². The summed E-state index contributed by atoms with van der Waals surface area (Å²) in [5.74, 6) is 0.0852. The van der Waals surface area contributed by atoms with Crippen molar-refractivity contribution in [3.8, 4) is 5.69 Å². The number of ether oxygens (including phenoxy) is 1. The summed E-state index contributed by atoms with van der Waals surface area (Å²) in [5.41, 5.74) is 10.9. The van der Waals surface area contributed by atoms with E-state index in [-0.39, 0.29) is 24.3 Å². The zero-order valence-electron chi connectivity index (χ0n) is 18.0. The summed E-state index contributed by atoms with van der Waals surface area (Å²) in [6.07, 6.45) is 0. The topological polar surface area (TPSA) is 121 Å². The number of nitrogens with two attached hydrogens (primary N) is 1. The van der Waals surface area contributed by atoms with Crippen LogP contribution in [0.4, 0.5) is 17.6 Å². The minimum Gasteiger partial charge on any atom is -0.454 e. The first-order valence-corrected chi connectivity index (χ1v) is 10.0. The number of rotatable bonds is 6. The van der Waals surface area contributed by atoms with E-state index in [9.17, 15) is 4.79 Å². The highest BCUT2D eigenvalue weighted by atomic mass is 16.5. The number of nitrogen functional groups attached to an aromatic ring is 1. The first kappa shape index (κ1) is 21.0. The molecule has 0 spiro atoms. The summed E-state index contributed by atoms with van der Waals surface area (Å²) in [7, 11) is 0. The Hall–Kier alpha value is -4.27. The number of hydrogen-bond acceptors (Lipinski definition) is 8. The van der Waals surface area contributed by atoms with Crippen LogP contribution in [0.5, 0.6) is 0 Å². The minimum atomic E-state index is -0.489. The van der Waals surface area contributed by atoms with E-state index in [1.54, 1.807) is 12.1 Å². The first-order valence-electron chi connectivity index (χ1n) is 10.0. The highest BCUT2D eigenvalue weighted by molar-refractivity contribution is 5.89. The molecule has 9 nitrogen and oxygen atoms in total. The third kappa shape index (κ3) is 4.72. The maximum absolute atomic E-state index is 12.5. The highest BCUT2D eigenvalue weighted by Crippen LogP contribution is 2.18. The van der Waals surface area contributed by atoms with Crippen LogP contribution in [0.3, 0.4) is 0 Å².